The highest BCUT2D eigenvalue weighted by atomic mass is 32.2. The number of hydrogen-bond donors (Lipinski definition) is 2. The van der Waals surface area contributed by atoms with Crippen molar-refractivity contribution in [2.75, 3.05) is 24.6 Å². The fourth-order valence-electron chi connectivity index (χ4n) is 2.30. The van der Waals surface area contributed by atoms with Gasteiger partial charge >= 0.3 is 6.09 Å². The first-order valence-electron chi connectivity index (χ1n) is 6.22. The molecule has 0 aromatic heterocycles. The van der Waals surface area contributed by atoms with E-state index in [1.165, 1.54) is 4.90 Å². The molecular weight excluding hydrogens is 252 g/mol. The van der Waals surface area contributed by atoms with Crippen molar-refractivity contribution in [2.45, 2.75) is 43.9 Å². The Balaban J connectivity index is 1.91. The van der Waals surface area contributed by atoms with Crippen LogP contribution >= 0.6 is 11.8 Å². The van der Waals surface area contributed by atoms with Crippen LogP contribution < -0.4 is 5.73 Å². The van der Waals surface area contributed by atoms with Crippen LogP contribution in [-0.4, -0.2) is 57.4 Å². The number of nitrogens with zero attached hydrogens (tertiary/aromatic N) is 1. The summed E-state index contributed by atoms with van der Waals surface area (Å²) in [6.45, 7) is 6.04. The number of β-amino-alcohol motifs (C(OH)–C–C–N with tert-alkyl or cyclic N) is 1. The number of rotatable bonds is 1. The standard InChI is InChI=1S/C12H22N2O3S/c1-10(2,3)17-9(15)14-6-12(16,7-14)11(13)4-5-18-8-11/h16H,4-8,13H2,1-3H3. The Bertz CT molecular complexity index is 342. The minimum atomic E-state index is -0.951. The summed E-state index contributed by atoms with van der Waals surface area (Å²) in [5.74, 6) is 1.73. The number of carbonyl (C=O) groups excluding carboxylic acids is 1. The predicted molar refractivity (Wildman–Crippen MR) is 71.6 cm³/mol. The van der Waals surface area contributed by atoms with Gasteiger partial charge in [0.1, 0.15) is 11.2 Å². The highest BCUT2D eigenvalue weighted by Crippen LogP contribution is 2.40. The van der Waals surface area contributed by atoms with Crippen LogP contribution in [0.1, 0.15) is 27.2 Å². The van der Waals surface area contributed by atoms with Crippen LogP contribution in [-0.2, 0) is 4.74 Å². The van der Waals surface area contributed by atoms with Gasteiger partial charge in [-0.1, -0.05) is 0 Å². The van der Waals surface area contributed by atoms with E-state index in [1.807, 2.05) is 20.8 Å². The first-order valence-corrected chi connectivity index (χ1v) is 7.38. The lowest BCUT2D eigenvalue weighted by molar-refractivity contribution is -0.135. The van der Waals surface area contributed by atoms with Gasteiger partial charge in [0, 0.05) is 5.75 Å². The molecule has 2 heterocycles. The number of aliphatic hydroxyl groups is 1. The molecule has 0 spiro atoms. The Morgan fingerprint density at radius 3 is 2.50 bits per heavy atom. The van der Waals surface area contributed by atoms with Gasteiger partial charge in [0.05, 0.1) is 18.6 Å². The van der Waals surface area contributed by atoms with Gasteiger partial charge in [-0.2, -0.15) is 11.8 Å². The second-order valence-electron chi connectivity index (χ2n) is 6.33. The van der Waals surface area contributed by atoms with E-state index in [2.05, 4.69) is 0 Å². The van der Waals surface area contributed by atoms with Crippen molar-refractivity contribution >= 4 is 17.9 Å². The van der Waals surface area contributed by atoms with Crippen molar-refractivity contribution in [3.63, 3.8) is 0 Å². The van der Waals surface area contributed by atoms with Crippen LogP contribution in [0.25, 0.3) is 0 Å². The number of likely N-dealkylation sites (tertiary alicyclic amines) is 1. The van der Waals surface area contributed by atoms with Crippen molar-refractivity contribution < 1.29 is 14.6 Å². The molecule has 0 radical (unpaired) electrons. The molecule has 2 fully saturated rings. The van der Waals surface area contributed by atoms with E-state index in [9.17, 15) is 9.90 Å². The largest absolute Gasteiger partial charge is 0.444 e. The molecule has 0 aromatic rings. The van der Waals surface area contributed by atoms with Gasteiger partial charge in [-0.15, -0.1) is 0 Å². The Kier molecular flexibility index (Phi) is 3.32. The number of carbonyl (C=O) groups is 1. The van der Waals surface area contributed by atoms with Gasteiger partial charge in [-0.3, -0.25) is 0 Å². The molecule has 0 aliphatic carbocycles. The number of hydrogen-bond acceptors (Lipinski definition) is 5. The molecular formula is C12H22N2O3S. The van der Waals surface area contributed by atoms with Crippen LogP contribution in [0.3, 0.4) is 0 Å². The lowest BCUT2D eigenvalue weighted by Gasteiger charge is -2.53. The molecule has 104 valence electrons. The number of amides is 1. The zero-order valence-corrected chi connectivity index (χ0v) is 12.0. The van der Waals surface area contributed by atoms with Crippen molar-refractivity contribution in [3.8, 4) is 0 Å². The molecule has 2 rings (SSSR count). The lowest BCUT2D eigenvalue weighted by Crippen LogP contribution is -2.77. The Morgan fingerprint density at radius 1 is 1.44 bits per heavy atom. The zero-order chi connectivity index (χ0) is 13.6. The van der Waals surface area contributed by atoms with Crippen LogP contribution in [0.4, 0.5) is 4.79 Å². The molecule has 0 aromatic carbocycles. The minimum absolute atomic E-state index is 0.277. The summed E-state index contributed by atoms with van der Waals surface area (Å²) in [6.07, 6.45) is 0.428. The lowest BCUT2D eigenvalue weighted by atomic mass is 9.74. The third-order valence-electron chi connectivity index (χ3n) is 3.54. The zero-order valence-electron chi connectivity index (χ0n) is 11.2. The second kappa shape index (κ2) is 4.28. The quantitative estimate of drug-likeness (QED) is 0.740. The second-order valence-corrected chi connectivity index (χ2v) is 7.43. The molecule has 0 bridgehead atoms. The van der Waals surface area contributed by atoms with E-state index in [-0.39, 0.29) is 19.2 Å². The summed E-state index contributed by atoms with van der Waals surface area (Å²) in [5, 5.41) is 10.5. The molecule has 1 unspecified atom stereocenters. The fraction of sp³-hybridized carbons (Fsp3) is 0.917. The Morgan fingerprint density at radius 2 is 2.06 bits per heavy atom. The molecule has 0 saturated carbocycles. The maximum atomic E-state index is 11.8. The van der Waals surface area contributed by atoms with E-state index < -0.39 is 16.7 Å². The number of nitrogens with two attached hydrogens (primary N) is 1. The summed E-state index contributed by atoms with van der Waals surface area (Å²) in [5.41, 5.74) is 4.22. The van der Waals surface area contributed by atoms with Crippen molar-refractivity contribution in [3.05, 3.63) is 0 Å². The summed E-state index contributed by atoms with van der Waals surface area (Å²) >= 11 is 1.76. The topological polar surface area (TPSA) is 75.8 Å². The average molecular weight is 274 g/mol. The van der Waals surface area contributed by atoms with E-state index >= 15 is 0 Å². The smallest absolute Gasteiger partial charge is 0.410 e. The monoisotopic (exact) mass is 274 g/mol. The van der Waals surface area contributed by atoms with Crippen molar-refractivity contribution in [1.29, 1.82) is 0 Å². The molecule has 2 aliphatic rings. The molecule has 2 aliphatic heterocycles. The highest BCUT2D eigenvalue weighted by molar-refractivity contribution is 7.99. The summed E-state index contributed by atoms with van der Waals surface area (Å²) in [4.78, 5) is 13.3. The molecule has 5 nitrogen and oxygen atoms in total. The third kappa shape index (κ3) is 2.46. The van der Waals surface area contributed by atoms with Gasteiger partial charge in [-0.05, 0) is 32.9 Å². The number of ether oxygens (including phenoxy) is 1. The van der Waals surface area contributed by atoms with E-state index in [1.54, 1.807) is 11.8 Å². The fourth-order valence-corrected chi connectivity index (χ4v) is 3.73. The molecule has 1 amide bonds. The van der Waals surface area contributed by atoms with Crippen LogP contribution in [0.15, 0.2) is 0 Å². The molecule has 2 saturated heterocycles. The van der Waals surface area contributed by atoms with Crippen molar-refractivity contribution in [2.24, 2.45) is 5.73 Å². The minimum Gasteiger partial charge on any atom is -0.444 e. The van der Waals surface area contributed by atoms with Gasteiger partial charge in [0.25, 0.3) is 0 Å². The highest BCUT2D eigenvalue weighted by Gasteiger charge is 2.58. The maximum Gasteiger partial charge on any atom is 0.410 e. The van der Waals surface area contributed by atoms with E-state index in [0.29, 0.717) is 0 Å². The van der Waals surface area contributed by atoms with Gasteiger partial charge in [0.15, 0.2) is 0 Å². The van der Waals surface area contributed by atoms with Gasteiger partial charge < -0.3 is 20.5 Å². The number of thioether (sulfide) groups is 1. The van der Waals surface area contributed by atoms with Gasteiger partial charge in [0.2, 0.25) is 0 Å². The molecule has 1 atom stereocenters. The SMILES string of the molecule is CC(C)(C)OC(=O)N1CC(O)(C2(N)CCSC2)C1. The third-order valence-corrected chi connectivity index (χ3v) is 4.75. The predicted octanol–water partition coefficient (Wildman–Crippen LogP) is 0.803. The van der Waals surface area contributed by atoms with Crippen LogP contribution in [0.2, 0.25) is 0 Å². The van der Waals surface area contributed by atoms with E-state index in [4.69, 9.17) is 10.5 Å². The molecule has 18 heavy (non-hydrogen) atoms. The maximum absolute atomic E-state index is 11.8. The van der Waals surface area contributed by atoms with Crippen LogP contribution in [0, 0.1) is 0 Å². The summed E-state index contributed by atoms with van der Waals surface area (Å²) in [7, 11) is 0. The molecule has 6 heteroatoms. The van der Waals surface area contributed by atoms with Crippen LogP contribution in [0.5, 0.6) is 0 Å². The first kappa shape index (κ1) is 14.0. The summed E-state index contributed by atoms with van der Waals surface area (Å²) < 4.78 is 5.26. The average Bonchev–Trinajstić information content (AvgIpc) is 2.58. The summed E-state index contributed by atoms with van der Waals surface area (Å²) in [6, 6.07) is 0. The first-order chi connectivity index (χ1) is 8.15. The Labute approximate surface area is 112 Å². The van der Waals surface area contributed by atoms with Crippen molar-refractivity contribution in [1.82, 2.24) is 4.90 Å². The Hall–Kier alpha value is -0.460. The normalized spacial score (nSPS) is 31.1. The van der Waals surface area contributed by atoms with Gasteiger partial charge in [-0.25, -0.2) is 4.79 Å². The molecule has 3 N–H and O–H groups in total. The van der Waals surface area contributed by atoms with E-state index in [0.717, 1.165) is 17.9 Å².